The lowest BCUT2D eigenvalue weighted by Gasteiger charge is -2.08. The van der Waals surface area contributed by atoms with E-state index >= 15 is 0 Å². The zero-order valence-electron chi connectivity index (χ0n) is 13.0. The number of aryl methyl sites for hydroxylation is 1. The van der Waals surface area contributed by atoms with Gasteiger partial charge in [0.2, 0.25) is 0 Å². The maximum Gasteiger partial charge on any atom is 0.165 e. The van der Waals surface area contributed by atoms with Crippen molar-refractivity contribution in [3.63, 3.8) is 0 Å². The Bertz CT molecular complexity index is 929. The van der Waals surface area contributed by atoms with Crippen LogP contribution in [-0.4, -0.2) is 37.1 Å². The fourth-order valence-electron chi connectivity index (χ4n) is 2.92. The minimum Gasteiger partial charge on any atom is -0.303 e. The van der Waals surface area contributed by atoms with E-state index in [-0.39, 0.29) is 6.54 Å². The second-order valence-electron chi connectivity index (χ2n) is 5.62. The molecule has 0 fully saturated rings. The van der Waals surface area contributed by atoms with Gasteiger partial charge in [-0.2, -0.15) is 5.10 Å². The number of fused-ring (bicyclic) bond motifs is 5. The SMILES string of the molecule is Cc1ncn2c1Cn1nc(CNCC=O)nc1-c1cc(Br)ccc1-2. The number of benzene rings is 1. The van der Waals surface area contributed by atoms with Gasteiger partial charge in [-0.05, 0) is 25.1 Å². The van der Waals surface area contributed by atoms with Crippen LogP contribution in [0.1, 0.15) is 17.2 Å². The number of aromatic nitrogens is 5. The van der Waals surface area contributed by atoms with Gasteiger partial charge in [0.25, 0.3) is 0 Å². The first kappa shape index (κ1) is 15.2. The second-order valence-corrected chi connectivity index (χ2v) is 6.53. The smallest absolute Gasteiger partial charge is 0.165 e. The molecule has 122 valence electrons. The van der Waals surface area contributed by atoms with Crippen LogP contribution < -0.4 is 5.32 Å². The molecule has 0 spiro atoms. The third-order valence-electron chi connectivity index (χ3n) is 4.06. The number of hydrogen-bond donors (Lipinski definition) is 1. The van der Waals surface area contributed by atoms with Crippen molar-refractivity contribution in [2.75, 3.05) is 6.54 Å². The highest BCUT2D eigenvalue weighted by Crippen LogP contribution is 2.33. The van der Waals surface area contributed by atoms with Crippen LogP contribution in [0, 0.1) is 6.92 Å². The minimum absolute atomic E-state index is 0.290. The van der Waals surface area contributed by atoms with Crippen molar-refractivity contribution >= 4 is 22.2 Å². The Labute approximate surface area is 146 Å². The molecule has 0 radical (unpaired) electrons. The molecule has 3 aromatic rings. The van der Waals surface area contributed by atoms with Gasteiger partial charge in [-0.1, -0.05) is 15.9 Å². The molecule has 4 rings (SSSR count). The van der Waals surface area contributed by atoms with Crippen LogP contribution in [0.5, 0.6) is 0 Å². The van der Waals surface area contributed by atoms with Crippen LogP contribution in [0.25, 0.3) is 17.1 Å². The number of carbonyl (C=O) groups is 1. The summed E-state index contributed by atoms with van der Waals surface area (Å²) in [6.45, 7) is 3.35. The molecule has 0 aliphatic carbocycles. The Morgan fingerprint density at radius 2 is 2.29 bits per heavy atom. The number of rotatable bonds is 4. The molecule has 0 amide bonds. The minimum atomic E-state index is 0.290. The van der Waals surface area contributed by atoms with Crippen LogP contribution in [0.2, 0.25) is 0 Å². The van der Waals surface area contributed by atoms with E-state index in [4.69, 9.17) is 0 Å². The summed E-state index contributed by atoms with van der Waals surface area (Å²) in [4.78, 5) is 19.6. The number of nitrogens with one attached hydrogen (secondary N) is 1. The van der Waals surface area contributed by atoms with Gasteiger partial charge in [0.1, 0.15) is 6.29 Å². The maximum atomic E-state index is 10.5. The van der Waals surface area contributed by atoms with Crippen LogP contribution in [0.4, 0.5) is 0 Å². The number of imidazole rings is 1. The summed E-state index contributed by atoms with van der Waals surface area (Å²) in [7, 11) is 0. The number of nitrogens with zero attached hydrogens (tertiary/aromatic N) is 5. The Hall–Kier alpha value is -2.32. The molecule has 0 saturated carbocycles. The van der Waals surface area contributed by atoms with E-state index in [0.717, 1.165) is 39.2 Å². The highest BCUT2D eigenvalue weighted by molar-refractivity contribution is 9.10. The van der Waals surface area contributed by atoms with Crippen molar-refractivity contribution in [3.05, 3.63) is 46.2 Å². The molecule has 1 aromatic carbocycles. The van der Waals surface area contributed by atoms with E-state index in [9.17, 15) is 4.79 Å². The third-order valence-corrected chi connectivity index (χ3v) is 4.55. The molecule has 0 bridgehead atoms. The number of hydrogen-bond acceptors (Lipinski definition) is 5. The normalized spacial score (nSPS) is 12.2. The zero-order chi connectivity index (χ0) is 16.7. The molecule has 1 N–H and O–H groups in total. The molecular formula is C16H15BrN6O. The van der Waals surface area contributed by atoms with Crippen molar-refractivity contribution in [3.8, 4) is 17.1 Å². The molecule has 7 nitrogen and oxygen atoms in total. The van der Waals surface area contributed by atoms with Crippen molar-refractivity contribution in [1.29, 1.82) is 0 Å². The van der Waals surface area contributed by atoms with Crippen molar-refractivity contribution in [2.24, 2.45) is 0 Å². The standard InChI is InChI=1S/C16H15BrN6O/c1-10-14-8-23-16(20-15(21-23)7-18-4-5-24)12-6-11(17)2-3-13(12)22(14)9-19-10/h2-3,5-6,9,18H,4,7-8H2,1H3. The average Bonchev–Trinajstić information content (AvgIpc) is 3.10. The van der Waals surface area contributed by atoms with Gasteiger partial charge in [-0.3, -0.25) is 0 Å². The van der Waals surface area contributed by atoms with Gasteiger partial charge < -0.3 is 14.7 Å². The summed E-state index contributed by atoms with van der Waals surface area (Å²) in [5.41, 5.74) is 4.10. The molecule has 3 heterocycles. The average molecular weight is 387 g/mol. The predicted molar refractivity (Wildman–Crippen MR) is 91.9 cm³/mol. The van der Waals surface area contributed by atoms with Crippen LogP contribution in [0.3, 0.4) is 0 Å². The van der Waals surface area contributed by atoms with E-state index < -0.39 is 0 Å². The van der Waals surface area contributed by atoms with Crippen molar-refractivity contribution < 1.29 is 4.79 Å². The first-order valence-electron chi connectivity index (χ1n) is 7.58. The van der Waals surface area contributed by atoms with Gasteiger partial charge in [0.05, 0.1) is 43.0 Å². The summed E-state index contributed by atoms with van der Waals surface area (Å²) in [5, 5.41) is 7.61. The third kappa shape index (κ3) is 2.47. The highest BCUT2D eigenvalue weighted by Gasteiger charge is 2.23. The molecule has 8 heteroatoms. The molecular weight excluding hydrogens is 372 g/mol. The highest BCUT2D eigenvalue weighted by atomic mass is 79.9. The van der Waals surface area contributed by atoms with Gasteiger partial charge in [-0.15, -0.1) is 0 Å². The summed E-state index contributed by atoms with van der Waals surface area (Å²) in [6.07, 6.45) is 2.67. The van der Waals surface area contributed by atoms with E-state index in [0.29, 0.717) is 18.9 Å². The van der Waals surface area contributed by atoms with Gasteiger partial charge >= 0.3 is 0 Å². The summed E-state index contributed by atoms with van der Waals surface area (Å²) in [5.74, 6) is 1.49. The zero-order valence-corrected chi connectivity index (χ0v) is 14.6. The van der Waals surface area contributed by atoms with Crippen LogP contribution >= 0.6 is 15.9 Å². The number of aldehydes is 1. The van der Waals surface area contributed by atoms with Crippen molar-refractivity contribution in [1.82, 2.24) is 29.6 Å². The number of carbonyl (C=O) groups excluding carboxylic acids is 1. The van der Waals surface area contributed by atoms with Crippen LogP contribution in [0.15, 0.2) is 29.0 Å². The van der Waals surface area contributed by atoms with Gasteiger partial charge in [-0.25, -0.2) is 14.6 Å². The summed E-state index contributed by atoms with van der Waals surface area (Å²) >= 11 is 3.54. The Kier molecular flexibility index (Phi) is 3.78. The van der Waals surface area contributed by atoms with E-state index in [1.807, 2.05) is 30.1 Å². The lowest BCUT2D eigenvalue weighted by Crippen LogP contribution is -2.16. The monoisotopic (exact) mass is 386 g/mol. The molecule has 0 unspecified atom stereocenters. The Morgan fingerprint density at radius 1 is 1.42 bits per heavy atom. The Morgan fingerprint density at radius 3 is 3.12 bits per heavy atom. The molecule has 1 aliphatic rings. The second kappa shape index (κ2) is 5.95. The summed E-state index contributed by atoms with van der Waals surface area (Å²) < 4.78 is 4.98. The molecule has 24 heavy (non-hydrogen) atoms. The first-order chi connectivity index (χ1) is 11.7. The van der Waals surface area contributed by atoms with Gasteiger partial charge in [0, 0.05) is 10.0 Å². The quantitative estimate of drug-likeness (QED) is 0.427. The molecule has 0 saturated heterocycles. The molecule has 2 aromatic heterocycles. The lowest BCUT2D eigenvalue weighted by molar-refractivity contribution is -0.107. The number of halogens is 1. The van der Waals surface area contributed by atoms with Gasteiger partial charge in [0.15, 0.2) is 11.6 Å². The summed E-state index contributed by atoms with van der Waals surface area (Å²) in [6, 6.07) is 6.11. The Balaban J connectivity index is 1.86. The molecule has 1 aliphatic heterocycles. The largest absolute Gasteiger partial charge is 0.303 e. The van der Waals surface area contributed by atoms with Crippen molar-refractivity contribution in [2.45, 2.75) is 20.0 Å². The van der Waals surface area contributed by atoms with Crippen LogP contribution in [-0.2, 0) is 17.9 Å². The fourth-order valence-corrected chi connectivity index (χ4v) is 3.28. The predicted octanol–water partition coefficient (Wildman–Crippen LogP) is 1.85. The molecule has 0 atom stereocenters. The van der Waals surface area contributed by atoms with E-state index in [1.165, 1.54) is 0 Å². The maximum absolute atomic E-state index is 10.5. The topological polar surface area (TPSA) is 77.6 Å². The lowest BCUT2D eigenvalue weighted by atomic mass is 10.1. The first-order valence-corrected chi connectivity index (χ1v) is 8.38. The van der Waals surface area contributed by atoms with E-state index in [1.54, 1.807) is 0 Å². The fraction of sp³-hybridized carbons (Fsp3) is 0.250. The van der Waals surface area contributed by atoms with E-state index in [2.05, 4.69) is 46.9 Å².